The van der Waals surface area contributed by atoms with Crippen LogP contribution in [0.15, 0.2) is 51.8 Å². The number of amides is 1. The normalized spacial score (nSPS) is 25.1. The van der Waals surface area contributed by atoms with Gasteiger partial charge in [0, 0.05) is 21.8 Å². The molecule has 3 atom stereocenters. The molecule has 4 rings (SSSR count). The number of thioether (sulfide) groups is 1. The third-order valence-corrected chi connectivity index (χ3v) is 7.57. The van der Waals surface area contributed by atoms with Crippen molar-refractivity contribution in [2.75, 3.05) is 12.4 Å². The van der Waals surface area contributed by atoms with Crippen LogP contribution in [0.2, 0.25) is 0 Å². The summed E-state index contributed by atoms with van der Waals surface area (Å²) in [5, 5.41) is 14.1. The smallest absolute Gasteiger partial charge is 0.262 e. The summed E-state index contributed by atoms with van der Waals surface area (Å²) in [6.07, 6.45) is 6.29. The average Bonchev–Trinajstić information content (AvgIpc) is 3.06. The predicted octanol–water partition coefficient (Wildman–Crippen LogP) is 6.05. The topological polar surface area (TPSA) is 61.8 Å². The van der Waals surface area contributed by atoms with Crippen molar-refractivity contribution in [3.05, 3.63) is 57.4 Å². The van der Waals surface area contributed by atoms with E-state index < -0.39 is 0 Å². The highest BCUT2D eigenvalue weighted by Gasteiger charge is 2.43. The van der Waals surface area contributed by atoms with Gasteiger partial charge in [-0.25, -0.2) is 0 Å². The first-order chi connectivity index (χ1) is 15.0. The van der Waals surface area contributed by atoms with Crippen LogP contribution in [0, 0.1) is 5.92 Å². The van der Waals surface area contributed by atoms with Gasteiger partial charge in [-0.3, -0.25) is 4.79 Å². The van der Waals surface area contributed by atoms with Gasteiger partial charge >= 0.3 is 0 Å². The zero-order valence-electron chi connectivity index (χ0n) is 17.7. The Balaban J connectivity index is 1.69. The summed E-state index contributed by atoms with van der Waals surface area (Å²) in [7, 11) is 1.51. The van der Waals surface area contributed by atoms with Gasteiger partial charge in [-0.2, -0.15) is 0 Å². The van der Waals surface area contributed by atoms with Crippen molar-refractivity contribution in [1.29, 1.82) is 0 Å². The fourth-order valence-corrected chi connectivity index (χ4v) is 6.03. The Hall–Kier alpha value is -2.12. The number of methoxy groups -OCH3 is 1. The molecule has 1 saturated carbocycles. The lowest BCUT2D eigenvalue weighted by atomic mass is 9.85. The Kier molecular flexibility index (Phi) is 6.82. The number of rotatable bonds is 5. The van der Waals surface area contributed by atoms with E-state index in [4.69, 9.17) is 4.74 Å². The summed E-state index contributed by atoms with van der Waals surface area (Å²) >= 11 is 4.96. The highest BCUT2D eigenvalue weighted by Crippen LogP contribution is 2.44. The molecule has 0 bridgehead atoms. The molecule has 7 heteroatoms. The second kappa shape index (κ2) is 9.57. The first-order valence-electron chi connectivity index (χ1n) is 10.6. The van der Waals surface area contributed by atoms with E-state index in [1.54, 1.807) is 18.2 Å². The van der Waals surface area contributed by atoms with E-state index >= 15 is 0 Å². The van der Waals surface area contributed by atoms with E-state index in [2.05, 4.69) is 28.2 Å². The average molecular weight is 503 g/mol. The van der Waals surface area contributed by atoms with Crippen LogP contribution in [0.5, 0.6) is 11.5 Å². The molecule has 2 fully saturated rings. The second-order valence-electron chi connectivity index (χ2n) is 8.08. The summed E-state index contributed by atoms with van der Waals surface area (Å²) in [6.45, 7) is 2.24. The maximum atomic E-state index is 13.6. The minimum atomic E-state index is -0.192. The van der Waals surface area contributed by atoms with Crippen molar-refractivity contribution in [1.82, 2.24) is 4.90 Å². The van der Waals surface area contributed by atoms with Crippen molar-refractivity contribution in [3.63, 3.8) is 0 Å². The Labute approximate surface area is 196 Å². The van der Waals surface area contributed by atoms with Crippen LogP contribution in [-0.2, 0) is 4.79 Å². The molecule has 1 amide bonds. The minimum Gasteiger partial charge on any atom is -0.504 e. The number of benzene rings is 2. The van der Waals surface area contributed by atoms with Gasteiger partial charge in [0.2, 0.25) is 0 Å². The highest BCUT2D eigenvalue weighted by molar-refractivity contribution is 9.10. The van der Waals surface area contributed by atoms with E-state index in [0.717, 1.165) is 29.4 Å². The lowest BCUT2D eigenvalue weighted by molar-refractivity contribution is -0.129. The van der Waals surface area contributed by atoms with E-state index in [1.807, 2.05) is 35.2 Å². The number of aromatic hydroxyl groups is 1. The Morgan fingerprint density at radius 3 is 2.68 bits per heavy atom. The first-order valence-corrected chi connectivity index (χ1v) is 12.2. The van der Waals surface area contributed by atoms with Crippen LogP contribution in [0.4, 0.5) is 5.69 Å². The molecule has 31 heavy (non-hydrogen) atoms. The largest absolute Gasteiger partial charge is 0.504 e. The van der Waals surface area contributed by atoms with E-state index in [1.165, 1.54) is 25.3 Å². The third-order valence-electron chi connectivity index (χ3n) is 6.00. The zero-order chi connectivity index (χ0) is 22.0. The highest BCUT2D eigenvalue weighted by atomic mass is 79.9. The van der Waals surface area contributed by atoms with Gasteiger partial charge in [0.25, 0.3) is 5.91 Å². The van der Waals surface area contributed by atoms with Gasteiger partial charge in [0.15, 0.2) is 17.0 Å². The fraction of sp³-hybridized carbons (Fsp3) is 0.375. The first kappa shape index (κ1) is 22.1. The molecule has 1 saturated heterocycles. The Bertz CT molecular complexity index is 982. The SMILES string of the molecule is COc1cc(Br)cc(/C=C2\SC(Nc3ccccc3)N([C@H]3CCCC[C@H]3C)C2=O)c1O. The number of halogens is 1. The molecule has 0 aromatic heterocycles. The molecule has 2 aliphatic rings. The number of hydrogen-bond donors (Lipinski definition) is 2. The van der Waals surface area contributed by atoms with Gasteiger partial charge in [-0.05, 0) is 49.1 Å². The van der Waals surface area contributed by atoms with Gasteiger partial charge in [0.05, 0.1) is 12.0 Å². The van der Waals surface area contributed by atoms with Crippen molar-refractivity contribution in [2.45, 2.75) is 44.1 Å². The fourth-order valence-electron chi connectivity index (χ4n) is 4.37. The Morgan fingerprint density at radius 2 is 1.97 bits per heavy atom. The molecule has 164 valence electrons. The summed E-state index contributed by atoms with van der Waals surface area (Å²) in [5.74, 6) is 0.865. The number of nitrogens with zero attached hydrogens (tertiary/aromatic N) is 1. The summed E-state index contributed by atoms with van der Waals surface area (Å²) in [4.78, 5) is 16.2. The minimum absolute atomic E-state index is 0.00974. The summed E-state index contributed by atoms with van der Waals surface area (Å²) in [6, 6.07) is 13.7. The van der Waals surface area contributed by atoms with Crippen LogP contribution in [0.25, 0.3) is 6.08 Å². The number of hydrogen-bond acceptors (Lipinski definition) is 5. The van der Waals surface area contributed by atoms with E-state index in [0.29, 0.717) is 22.1 Å². The molecule has 1 heterocycles. The van der Waals surface area contributed by atoms with E-state index in [-0.39, 0.29) is 23.2 Å². The van der Waals surface area contributed by atoms with Crippen LogP contribution >= 0.6 is 27.7 Å². The molecular weight excluding hydrogens is 476 g/mol. The van der Waals surface area contributed by atoms with Gasteiger partial charge in [-0.1, -0.05) is 65.7 Å². The zero-order valence-corrected chi connectivity index (χ0v) is 20.1. The monoisotopic (exact) mass is 502 g/mol. The number of para-hydroxylation sites is 1. The molecule has 2 aromatic rings. The molecular formula is C24H27BrN2O3S. The number of carbonyl (C=O) groups is 1. The quantitative estimate of drug-likeness (QED) is 0.487. The number of ether oxygens (including phenoxy) is 1. The molecule has 1 aliphatic carbocycles. The van der Waals surface area contributed by atoms with Crippen LogP contribution in [0.1, 0.15) is 38.2 Å². The molecule has 2 aromatic carbocycles. The number of anilines is 1. The number of carbonyl (C=O) groups excluding carboxylic acids is 1. The number of phenolic OH excluding ortho intramolecular Hbond substituents is 1. The van der Waals surface area contributed by atoms with Gasteiger partial charge in [-0.15, -0.1) is 0 Å². The van der Waals surface area contributed by atoms with Crippen LogP contribution in [0.3, 0.4) is 0 Å². The maximum absolute atomic E-state index is 13.6. The summed E-state index contributed by atoms with van der Waals surface area (Å²) < 4.78 is 6.04. The predicted molar refractivity (Wildman–Crippen MR) is 130 cm³/mol. The molecule has 1 aliphatic heterocycles. The van der Waals surface area contributed by atoms with Crippen LogP contribution < -0.4 is 10.1 Å². The number of nitrogens with one attached hydrogen (secondary N) is 1. The van der Waals surface area contributed by atoms with Crippen molar-refractivity contribution in [3.8, 4) is 11.5 Å². The van der Waals surface area contributed by atoms with Crippen molar-refractivity contribution in [2.24, 2.45) is 5.92 Å². The number of phenols is 1. The maximum Gasteiger partial charge on any atom is 0.262 e. The molecule has 1 unspecified atom stereocenters. The molecule has 2 N–H and O–H groups in total. The van der Waals surface area contributed by atoms with Crippen molar-refractivity contribution < 1.29 is 14.6 Å². The van der Waals surface area contributed by atoms with Gasteiger partial charge in [0.1, 0.15) is 0 Å². The second-order valence-corrected chi connectivity index (χ2v) is 10.1. The standard InChI is InChI=1S/C24H27BrN2O3S/c1-15-8-6-7-11-19(15)27-23(29)21(31-24(27)26-18-9-4-3-5-10-18)13-16-12-17(25)14-20(30-2)22(16)28/h3-5,9-10,12-15,19,24,26,28H,6-8,11H2,1-2H3/b21-13-/t15-,19+,24?/m1/s1. The van der Waals surface area contributed by atoms with Crippen molar-refractivity contribution >= 4 is 45.4 Å². The molecule has 0 radical (unpaired) electrons. The van der Waals surface area contributed by atoms with Gasteiger partial charge < -0.3 is 20.1 Å². The lowest BCUT2D eigenvalue weighted by Gasteiger charge is -2.39. The molecule has 5 nitrogen and oxygen atoms in total. The van der Waals surface area contributed by atoms with Crippen LogP contribution in [-0.4, -0.2) is 34.6 Å². The Morgan fingerprint density at radius 1 is 1.23 bits per heavy atom. The van der Waals surface area contributed by atoms with E-state index in [9.17, 15) is 9.90 Å². The molecule has 0 spiro atoms. The lowest BCUT2D eigenvalue weighted by Crippen LogP contribution is -2.48. The third kappa shape index (κ3) is 4.72. The summed E-state index contributed by atoms with van der Waals surface area (Å²) in [5.41, 5.74) is 1.34.